The van der Waals surface area contributed by atoms with Crippen LogP contribution in [0.15, 0.2) is 279 Å². The van der Waals surface area contributed by atoms with E-state index in [1.165, 1.54) is 82.3 Å². The van der Waals surface area contributed by atoms with Gasteiger partial charge in [-0.05, 0) is 142 Å². The zero-order chi connectivity index (χ0) is 55.6. The third-order valence-corrected chi connectivity index (χ3v) is 17.7. The summed E-state index contributed by atoms with van der Waals surface area (Å²) in [6.45, 7) is 4.72. The molecule has 0 radical (unpaired) electrons. The van der Waals surface area contributed by atoms with Crippen molar-refractivity contribution in [3.8, 4) is 84.6 Å². The van der Waals surface area contributed by atoms with Crippen molar-refractivity contribution in [2.75, 3.05) is 0 Å². The molecule has 0 amide bonds. The lowest BCUT2D eigenvalue weighted by molar-refractivity contribution is 0.660. The van der Waals surface area contributed by atoms with Gasteiger partial charge in [-0.15, -0.1) is 0 Å². The van der Waals surface area contributed by atoms with Gasteiger partial charge in [0.05, 0.1) is 33.1 Å². The Kier molecular flexibility index (Phi) is 10.6. The molecule has 0 saturated heterocycles. The summed E-state index contributed by atoms with van der Waals surface area (Å²) in [7, 11) is 0. The number of hydrogen-bond acceptors (Lipinski definition) is 3. The molecular formula is C78H52N6. The molecule has 4 heterocycles. The summed E-state index contributed by atoms with van der Waals surface area (Å²) >= 11 is 0. The van der Waals surface area contributed by atoms with Crippen LogP contribution in [0.1, 0.15) is 25.0 Å². The molecule has 0 saturated carbocycles. The molecule has 84 heavy (non-hydrogen) atoms. The van der Waals surface area contributed by atoms with Gasteiger partial charge in [0.25, 0.3) is 0 Å². The molecule has 12 aromatic carbocycles. The second-order valence-corrected chi connectivity index (χ2v) is 22.8. The average molecular weight is 1070 g/mol. The number of nitrogens with zero attached hydrogens (tertiary/aromatic N) is 6. The van der Waals surface area contributed by atoms with Crippen molar-refractivity contribution in [1.29, 1.82) is 0 Å². The van der Waals surface area contributed by atoms with E-state index in [1.807, 2.05) is 36.4 Å². The predicted molar refractivity (Wildman–Crippen MR) is 348 cm³/mol. The molecule has 0 bridgehead atoms. The standard InChI is InChI=1S/C78H52N6/c1-78(2)67-30-15-12-27-59(67)60-38-37-58(48-68(60)78)84-70-32-17-14-29-62(70)64-45-52(34-40-72(64)84)54-36-42-74-66(47-54)65-46-53(51-33-39-71-63(44-51)61-28-13-16-31-69(61)82(71)56-24-10-5-11-25-56)35-41-73(65)83(74)57-26-18-23-55(43-57)77-80-75(49-19-6-3-7-20-49)79-76(81-77)50-21-8-4-9-22-50/h3-48H,1-2H3. The van der Waals surface area contributed by atoms with Crippen molar-refractivity contribution in [2.24, 2.45) is 0 Å². The molecule has 0 spiro atoms. The van der Waals surface area contributed by atoms with Crippen LogP contribution in [0.4, 0.5) is 0 Å². The van der Waals surface area contributed by atoms with E-state index in [2.05, 4.69) is 270 Å². The number of aromatic nitrogens is 6. The quantitative estimate of drug-likeness (QED) is 0.152. The van der Waals surface area contributed by atoms with E-state index in [-0.39, 0.29) is 5.41 Å². The van der Waals surface area contributed by atoms with E-state index in [1.54, 1.807) is 0 Å². The highest BCUT2D eigenvalue weighted by atomic mass is 15.0. The van der Waals surface area contributed by atoms with Gasteiger partial charge in [-0.25, -0.2) is 15.0 Å². The molecule has 0 fully saturated rings. The molecule has 0 N–H and O–H groups in total. The monoisotopic (exact) mass is 1070 g/mol. The van der Waals surface area contributed by atoms with Gasteiger partial charge in [0.15, 0.2) is 17.5 Å². The Hall–Kier alpha value is -11.0. The number of fused-ring (bicyclic) bond motifs is 12. The van der Waals surface area contributed by atoms with Gasteiger partial charge in [0.2, 0.25) is 0 Å². The molecule has 16 aromatic rings. The lowest BCUT2D eigenvalue weighted by atomic mass is 9.82. The third-order valence-electron chi connectivity index (χ3n) is 17.7. The highest BCUT2D eigenvalue weighted by Gasteiger charge is 2.35. The fourth-order valence-electron chi connectivity index (χ4n) is 13.7. The van der Waals surface area contributed by atoms with Crippen molar-refractivity contribution in [2.45, 2.75) is 19.3 Å². The molecule has 6 heteroatoms. The third kappa shape index (κ3) is 7.40. The summed E-state index contributed by atoms with van der Waals surface area (Å²) < 4.78 is 7.24. The highest BCUT2D eigenvalue weighted by molar-refractivity contribution is 6.15. The summed E-state index contributed by atoms with van der Waals surface area (Å²) in [6.07, 6.45) is 0. The summed E-state index contributed by atoms with van der Waals surface area (Å²) in [5, 5.41) is 7.24. The van der Waals surface area contributed by atoms with Crippen molar-refractivity contribution < 1.29 is 0 Å². The maximum atomic E-state index is 5.15. The minimum Gasteiger partial charge on any atom is -0.309 e. The summed E-state index contributed by atoms with van der Waals surface area (Å²) in [5.41, 5.74) is 23.0. The normalized spacial score (nSPS) is 12.7. The highest BCUT2D eigenvalue weighted by Crippen LogP contribution is 2.50. The summed E-state index contributed by atoms with van der Waals surface area (Å²) in [4.78, 5) is 15.3. The van der Waals surface area contributed by atoms with Crippen molar-refractivity contribution in [1.82, 2.24) is 28.7 Å². The molecule has 4 aromatic heterocycles. The largest absolute Gasteiger partial charge is 0.309 e. The molecular weight excluding hydrogens is 1020 g/mol. The van der Waals surface area contributed by atoms with Crippen LogP contribution >= 0.6 is 0 Å². The first kappa shape index (κ1) is 47.8. The smallest absolute Gasteiger partial charge is 0.164 e. The van der Waals surface area contributed by atoms with Crippen molar-refractivity contribution in [3.05, 3.63) is 290 Å². The van der Waals surface area contributed by atoms with Crippen LogP contribution in [0.5, 0.6) is 0 Å². The van der Waals surface area contributed by atoms with Gasteiger partial charge in [0.1, 0.15) is 0 Å². The van der Waals surface area contributed by atoms with Gasteiger partial charge >= 0.3 is 0 Å². The van der Waals surface area contributed by atoms with Crippen molar-refractivity contribution in [3.63, 3.8) is 0 Å². The van der Waals surface area contributed by atoms with Crippen LogP contribution in [0, 0.1) is 0 Å². The topological polar surface area (TPSA) is 53.5 Å². The summed E-state index contributed by atoms with van der Waals surface area (Å²) in [6, 6.07) is 101. The molecule has 0 aliphatic heterocycles. The average Bonchev–Trinajstić information content (AvgIpc) is 3.74. The van der Waals surface area contributed by atoms with Crippen LogP contribution in [0.25, 0.3) is 150 Å². The summed E-state index contributed by atoms with van der Waals surface area (Å²) in [5.74, 6) is 1.87. The van der Waals surface area contributed by atoms with Crippen LogP contribution in [0.3, 0.4) is 0 Å². The fraction of sp³-hybridized carbons (Fsp3) is 0.0385. The van der Waals surface area contributed by atoms with Gasteiger partial charge in [-0.2, -0.15) is 0 Å². The lowest BCUT2D eigenvalue weighted by Gasteiger charge is -2.22. The zero-order valence-electron chi connectivity index (χ0n) is 46.2. The second kappa shape index (κ2) is 18.5. The Balaban J connectivity index is 0.838. The Morgan fingerprint density at radius 2 is 0.607 bits per heavy atom. The van der Waals surface area contributed by atoms with E-state index in [9.17, 15) is 0 Å². The molecule has 1 aliphatic rings. The van der Waals surface area contributed by atoms with E-state index in [4.69, 9.17) is 15.0 Å². The number of rotatable bonds is 8. The Bertz CT molecular complexity index is 5280. The minimum atomic E-state index is -0.107. The molecule has 17 rings (SSSR count). The van der Waals surface area contributed by atoms with E-state index in [0.717, 1.165) is 61.4 Å². The maximum absolute atomic E-state index is 5.15. The van der Waals surface area contributed by atoms with Crippen LogP contribution in [0.2, 0.25) is 0 Å². The van der Waals surface area contributed by atoms with Crippen LogP contribution in [-0.2, 0) is 5.41 Å². The minimum absolute atomic E-state index is 0.107. The second-order valence-electron chi connectivity index (χ2n) is 22.8. The molecule has 0 atom stereocenters. The molecule has 1 aliphatic carbocycles. The van der Waals surface area contributed by atoms with E-state index >= 15 is 0 Å². The Morgan fingerprint density at radius 1 is 0.238 bits per heavy atom. The SMILES string of the molecule is CC1(C)c2ccccc2-c2ccc(-n3c4ccccc4c4cc(-c5ccc6c(c5)c5cc(-c7ccc8c(c7)c7ccccc7n8-c7ccccc7)ccc5n6-c5cccc(-c6nc(-c7ccccc7)nc(-c7ccccc7)n6)c5)ccc43)cc21. The first-order chi connectivity index (χ1) is 41.4. The maximum Gasteiger partial charge on any atom is 0.164 e. The van der Waals surface area contributed by atoms with Gasteiger partial charge in [-0.1, -0.05) is 196 Å². The van der Waals surface area contributed by atoms with Gasteiger partial charge in [-0.3, -0.25) is 0 Å². The van der Waals surface area contributed by atoms with E-state index < -0.39 is 0 Å². The van der Waals surface area contributed by atoms with Gasteiger partial charge < -0.3 is 13.7 Å². The van der Waals surface area contributed by atoms with Crippen molar-refractivity contribution >= 4 is 65.4 Å². The Morgan fingerprint density at radius 3 is 1.13 bits per heavy atom. The van der Waals surface area contributed by atoms with Crippen LogP contribution in [-0.4, -0.2) is 28.7 Å². The fourth-order valence-corrected chi connectivity index (χ4v) is 13.7. The number of hydrogen-bond donors (Lipinski definition) is 0. The Labute approximate surface area is 485 Å². The first-order valence-corrected chi connectivity index (χ1v) is 28.8. The molecule has 0 unspecified atom stereocenters. The molecule has 394 valence electrons. The first-order valence-electron chi connectivity index (χ1n) is 28.8. The van der Waals surface area contributed by atoms with E-state index in [0.29, 0.717) is 17.5 Å². The predicted octanol–water partition coefficient (Wildman–Crippen LogP) is 19.8. The molecule has 6 nitrogen and oxygen atoms in total. The lowest BCUT2D eigenvalue weighted by Crippen LogP contribution is -2.15. The van der Waals surface area contributed by atoms with Crippen LogP contribution < -0.4 is 0 Å². The zero-order valence-corrected chi connectivity index (χ0v) is 46.2. The van der Waals surface area contributed by atoms with Gasteiger partial charge in [0, 0.05) is 71.5 Å². The number of benzene rings is 12. The number of para-hydroxylation sites is 3.